The van der Waals surface area contributed by atoms with Crippen LogP contribution in [0.25, 0.3) is 0 Å². The average Bonchev–Trinajstić information content (AvgIpc) is 2.59. The maximum absolute atomic E-state index is 12.1. The number of hydrogen-bond donors (Lipinski definition) is 0. The summed E-state index contributed by atoms with van der Waals surface area (Å²) in [5.41, 5.74) is 0. The highest BCUT2D eigenvalue weighted by atomic mass is 28.5. The third-order valence-corrected chi connectivity index (χ3v) is 21.0. The van der Waals surface area contributed by atoms with Crippen LogP contribution in [0.3, 0.4) is 0 Å². The zero-order valence-corrected chi connectivity index (χ0v) is 22.9. The van der Waals surface area contributed by atoms with Crippen LogP contribution < -0.4 is 0 Å². The van der Waals surface area contributed by atoms with Gasteiger partial charge in [0.25, 0.3) is 27.9 Å². The molecule has 14 heteroatoms. The Kier molecular flexibility index (Phi) is 11.3. The minimum Gasteiger partial charge on any atom is -0.466 e. The molecule has 0 aromatic carbocycles. The molecule has 0 aromatic heterocycles. The monoisotopic (exact) mass is 474 g/mol. The lowest BCUT2D eigenvalue weighted by atomic mass is 10.5. The van der Waals surface area contributed by atoms with E-state index in [1.54, 1.807) is 21.3 Å². The van der Waals surface area contributed by atoms with Gasteiger partial charge in [0.15, 0.2) is 0 Å². The predicted octanol–water partition coefficient (Wildman–Crippen LogP) is 0.891. The topological polar surface area (TPSA) is 90.9 Å². The highest BCUT2D eigenvalue weighted by Crippen LogP contribution is 2.22. The number of hydrogen-bond acceptors (Lipinski definition) is 9. The normalized spacial score (nSPS) is 29.8. The van der Waals surface area contributed by atoms with Crippen LogP contribution in [0.15, 0.2) is 0 Å². The molecule has 2 atom stereocenters. The van der Waals surface area contributed by atoms with Gasteiger partial charge in [-0.05, 0) is 32.6 Å². The van der Waals surface area contributed by atoms with E-state index in [9.17, 15) is 4.79 Å². The van der Waals surface area contributed by atoms with Crippen LogP contribution in [0.5, 0.6) is 0 Å². The number of rotatable bonds is 10. The number of carbonyl (C=O) groups is 1. The molecule has 0 N–H and O–H groups in total. The van der Waals surface area contributed by atoms with Crippen LogP contribution in [-0.2, 0) is 39.3 Å². The minimum atomic E-state index is -2.62. The molecule has 1 fully saturated rings. The van der Waals surface area contributed by atoms with Gasteiger partial charge in [-0.15, -0.1) is 0 Å². The van der Waals surface area contributed by atoms with Crippen molar-refractivity contribution in [1.29, 1.82) is 0 Å². The maximum Gasteiger partial charge on any atom is 0.500 e. The van der Waals surface area contributed by atoms with Gasteiger partial charge in [-0.2, -0.15) is 0 Å². The van der Waals surface area contributed by atoms with Crippen molar-refractivity contribution in [3.8, 4) is 0 Å². The van der Waals surface area contributed by atoms with Crippen LogP contribution in [0.4, 0.5) is 0 Å². The number of carbonyl (C=O) groups excluding carboxylic acids is 1. The predicted molar refractivity (Wildman–Crippen MR) is 112 cm³/mol. The fourth-order valence-corrected chi connectivity index (χ4v) is 19.1. The van der Waals surface area contributed by atoms with E-state index in [4.69, 9.17) is 34.5 Å². The van der Waals surface area contributed by atoms with Crippen molar-refractivity contribution in [1.82, 2.24) is 0 Å². The Morgan fingerprint density at radius 3 is 1.96 bits per heavy atom. The van der Waals surface area contributed by atoms with Crippen LogP contribution in [-0.4, -0.2) is 79.1 Å². The third-order valence-electron chi connectivity index (χ3n) is 4.20. The van der Waals surface area contributed by atoms with Crippen molar-refractivity contribution < 1.29 is 39.3 Å². The molecule has 0 aliphatic carbocycles. The smallest absolute Gasteiger partial charge is 0.466 e. The molecule has 0 aromatic rings. The summed E-state index contributed by atoms with van der Waals surface area (Å²) in [6.45, 7) is 8.24. The summed E-state index contributed by atoms with van der Waals surface area (Å²) in [5, 5.41) is 0. The SMILES string of the molecule is CO[Si](CCCOC(=O)CC[Si]1(C)O[SiH](C)O[SiH](C)O[SiH](C)O1)(OC)OC. The summed E-state index contributed by atoms with van der Waals surface area (Å²) in [7, 11) is -5.64. The average molecular weight is 475 g/mol. The van der Waals surface area contributed by atoms with E-state index in [2.05, 4.69) is 0 Å². The highest BCUT2D eigenvalue weighted by molar-refractivity contribution is 6.81. The molecule has 1 rings (SSSR count). The quantitative estimate of drug-likeness (QED) is 0.260. The number of ether oxygens (including phenoxy) is 1. The Morgan fingerprint density at radius 2 is 1.48 bits per heavy atom. The Bertz CT molecular complexity index is 432. The van der Waals surface area contributed by atoms with Crippen LogP contribution in [0.1, 0.15) is 12.8 Å². The van der Waals surface area contributed by atoms with Gasteiger partial charge < -0.3 is 34.5 Å². The molecule has 0 bridgehead atoms. The van der Waals surface area contributed by atoms with Gasteiger partial charge in [-0.1, -0.05) is 0 Å². The molecule has 1 heterocycles. The molecule has 0 saturated carbocycles. The maximum atomic E-state index is 12.1. The van der Waals surface area contributed by atoms with Gasteiger partial charge in [0.05, 0.1) is 6.61 Å². The van der Waals surface area contributed by atoms with Gasteiger partial charge in [-0.3, -0.25) is 4.79 Å². The summed E-state index contributed by atoms with van der Waals surface area (Å²) in [4.78, 5) is 12.1. The first-order chi connectivity index (χ1) is 12.7. The first kappa shape index (κ1) is 25.3. The lowest BCUT2D eigenvalue weighted by Gasteiger charge is -2.36. The van der Waals surface area contributed by atoms with Crippen molar-refractivity contribution in [2.45, 2.75) is 51.1 Å². The van der Waals surface area contributed by atoms with Crippen LogP contribution in [0, 0.1) is 0 Å². The van der Waals surface area contributed by atoms with Gasteiger partial charge in [0.2, 0.25) is 0 Å². The van der Waals surface area contributed by atoms with Gasteiger partial charge in [-0.25, -0.2) is 0 Å². The Hall–Kier alpha value is 0.274. The summed E-state index contributed by atoms with van der Waals surface area (Å²) in [6, 6.07) is 1.13. The van der Waals surface area contributed by atoms with E-state index in [1.807, 2.05) is 26.2 Å². The summed E-state index contributed by atoms with van der Waals surface area (Å²) < 4.78 is 45.4. The van der Waals surface area contributed by atoms with E-state index < -0.39 is 45.2 Å². The van der Waals surface area contributed by atoms with Gasteiger partial charge in [0, 0.05) is 39.8 Å². The standard InChI is InChI=1S/C13H34O9Si5/c1-15-27(16-2,17-3)11-8-10-18-13(14)9-12-26(7)21-24(5)19-23(4)20-25(6)22-26/h23-25H,8-12H2,1-7H3. The van der Waals surface area contributed by atoms with Crippen molar-refractivity contribution in [3.05, 3.63) is 0 Å². The summed E-state index contributed by atoms with van der Waals surface area (Å²) in [5.74, 6) is -0.259. The first-order valence-electron chi connectivity index (χ1n) is 9.15. The van der Waals surface area contributed by atoms with E-state index in [-0.39, 0.29) is 12.4 Å². The first-order valence-corrected chi connectivity index (χ1v) is 19.9. The molecule has 0 radical (unpaired) electrons. The molecule has 1 aliphatic heterocycles. The molecule has 1 saturated heterocycles. The second kappa shape index (κ2) is 12.1. The van der Waals surface area contributed by atoms with E-state index in [0.29, 0.717) is 25.1 Å². The van der Waals surface area contributed by atoms with Crippen LogP contribution in [0.2, 0.25) is 38.3 Å². The van der Waals surface area contributed by atoms with Crippen molar-refractivity contribution in [2.24, 2.45) is 0 Å². The Labute approximate surface area is 169 Å². The summed E-state index contributed by atoms with van der Waals surface area (Å²) in [6.07, 6.45) is 0.882. The molecular weight excluding hydrogens is 441 g/mol. The Balaban J connectivity index is 2.39. The lowest BCUT2D eigenvalue weighted by Crippen LogP contribution is -2.53. The van der Waals surface area contributed by atoms with Gasteiger partial charge in [0.1, 0.15) is 0 Å². The molecule has 0 amide bonds. The summed E-state index contributed by atoms with van der Waals surface area (Å²) >= 11 is 0. The van der Waals surface area contributed by atoms with Gasteiger partial charge >= 0.3 is 23.3 Å². The second-order valence-electron chi connectivity index (χ2n) is 6.46. The lowest BCUT2D eigenvalue weighted by molar-refractivity contribution is -0.143. The van der Waals surface area contributed by atoms with Crippen molar-refractivity contribution in [3.63, 3.8) is 0 Å². The molecule has 0 spiro atoms. The largest absolute Gasteiger partial charge is 0.500 e. The third kappa shape index (κ3) is 9.09. The molecule has 9 nitrogen and oxygen atoms in total. The molecular formula is C13H34O9Si5. The van der Waals surface area contributed by atoms with Crippen molar-refractivity contribution >= 4 is 51.2 Å². The zero-order chi connectivity index (χ0) is 20.5. The van der Waals surface area contributed by atoms with E-state index in [0.717, 1.165) is 0 Å². The van der Waals surface area contributed by atoms with Crippen molar-refractivity contribution in [2.75, 3.05) is 27.9 Å². The number of esters is 1. The fourth-order valence-electron chi connectivity index (χ4n) is 2.91. The van der Waals surface area contributed by atoms with E-state index in [1.165, 1.54) is 0 Å². The zero-order valence-electron chi connectivity index (χ0n) is 17.4. The molecule has 1 aliphatic rings. The Morgan fingerprint density at radius 1 is 0.963 bits per heavy atom. The van der Waals surface area contributed by atoms with Crippen LogP contribution >= 0.6 is 0 Å². The fraction of sp³-hybridized carbons (Fsp3) is 0.923. The molecule has 2 unspecified atom stereocenters. The molecule has 27 heavy (non-hydrogen) atoms. The molecule has 160 valence electrons. The second-order valence-corrected chi connectivity index (χ2v) is 19.8. The van der Waals surface area contributed by atoms with E-state index >= 15 is 0 Å². The highest BCUT2D eigenvalue weighted by Gasteiger charge is 2.40. The minimum absolute atomic E-state index is 0.259.